The van der Waals surface area contributed by atoms with Gasteiger partial charge >= 0.3 is 0 Å². The maximum absolute atomic E-state index is 13.1. The highest BCUT2D eigenvalue weighted by atomic mass is 79.9. The van der Waals surface area contributed by atoms with Crippen LogP contribution in [-0.2, 0) is 4.79 Å². The van der Waals surface area contributed by atoms with Crippen LogP contribution >= 0.6 is 15.9 Å². The zero-order chi connectivity index (χ0) is 15.3. The molecule has 0 bridgehead atoms. The maximum atomic E-state index is 13.1. The minimum Gasteiger partial charge on any atom is -0.354 e. The molecule has 110 valence electrons. The van der Waals surface area contributed by atoms with Crippen molar-refractivity contribution in [3.05, 3.63) is 34.1 Å². The van der Waals surface area contributed by atoms with E-state index in [4.69, 9.17) is 0 Å². The van der Waals surface area contributed by atoms with Crippen LogP contribution in [0.1, 0.15) is 31.1 Å². The second-order valence-corrected chi connectivity index (χ2v) is 5.81. The number of amides is 2. The molecule has 0 aliphatic rings. The van der Waals surface area contributed by atoms with Crippen LogP contribution in [0.15, 0.2) is 22.7 Å². The van der Waals surface area contributed by atoms with Gasteiger partial charge in [-0.25, -0.2) is 4.39 Å². The Hall–Kier alpha value is -1.43. The van der Waals surface area contributed by atoms with Gasteiger partial charge in [-0.2, -0.15) is 0 Å². The fourth-order valence-corrected chi connectivity index (χ4v) is 1.90. The Morgan fingerprint density at radius 3 is 2.55 bits per heavy atom. The minimum atomic E-state index is -0.684. The summed E-state index contributed by atoms with van der Waals surface area (Å²) in [6.07, 6.45) is 0. The predicted molar refractivity (Wildman–Crippen MR) is 78.9 cm³/mol. The lowest BCUT2D eigenvalue weighted by molar-refractivity contribution is -0.122. The monoisotopic (exact) mass is 344 g/mol. The zero-order valence-corrected chi connectivity index (χ0v) is 13.3. The van der Waals surface area contributed by atoms with Gasteiger partial charge in [0.15, 0.2) is 0 Å². The summed E-state index contributed by atoms with van der Waals surface area (Å²) in [4.78, 5) is 23.7. The van der Waals surface area contributed by atoms with Crippen LogP contribution in [0, 0.1) is 11.7 Å². The summed E-state index contributed by atoms with van der Waals surface area (Å²) >= 11 is 3.18. The van der Waals surface area contributed by atoms with E-state index in [2.05, 4.69) is 26.6 Å². The van der Waals surface area contributed by atoms with E-state index in [0.29, 0.717) is 16.9 Å². The summed E-state index contributed by atoms with van der Waals surface area (Å²) in [5.41, 5.74) is 0.161. The number of carbonyl (C=O) groups excluding carboxylic acids is 2. The van der Waals surface area contributed by atoms with Gasteiger partial charge < -0.3 is 10.6 Å². The number of rotatable bonds is 5. The normalized spacial score (nSPS) is 12.1. The predicted octanol–water partition coefficient (Wildman–Crippen LogP) is 2.48. The molecule has 1 unspecified atom stereocenters. The highest BCUT2D eigenvalue weighted by Crippen LogP contribution is 2.17. The fourth-order valence-electron chi connectivity index (χ4n) is 1.47. The molecule has 0 heterocycles. The van der Waals surface area contributed by atoms with Crippen LogP contribution < -0.4 is 10.6 Å². The van der Waals surface area contributed by atoms with Crippen molar-refractivity contribution in [2.24, 2.45) is 5.92 Å². The van der Waals surface area contributed by atoms with Crippen molar-refractivity contribution in [3.8, 4) is 0 Å². The lowest BCUT2D eigenvalue weighted by Crippen LogP contribution is -2.45. The van der Waals surface area contributed by atoms with E-state index >= 15 is 0 Å². The molecule has 0 aliphatic heterocycles. The molecule has 0 saturated carbocycles. The van der Waals surface area contributed by atoms with Crippen molar-refractivity contribution < 1.29 is 14.0 Å². The molecule has 0 spiro atoms. The van der Waals surface area contributed by atoms with Gasteiger partial charge in [0.05, 0.1) is 5.56 Å². The first-order valence-electron chi connectivity index (χ1n) is 6.35. The quantitative estimate of drug-likeness (QED) is 0.861. The summed E-state index contributed by atoms with van der Waals surface area (Å²) < 4.78 is 13.6. The smallest absolute Gasteiger partial charge is 0.253 e. The Kier molecular flexibility index (Phi) is 6.13. The van der Waals surface area contributed by atoms with Crippen molar-refractivity contribution in [1.29, 1.82) is 0 Å². The molecular weight excluding hydrogens is 327 g/mol. The summed E-state index contributed by atoms with van der Waals surface area (Å²) in [7, 11) is 0. The molecule has 1 atom stereocenters. The SMILES string of the molecule is CC(C)CNC(=O)C(C)NC(=O)c1cc(F)ccc1Br. The van der Waals surface area contributed by atoms with Gasteiger partial charge in [-0.1, -0.05) is 13.8 Å². The number of carbonyl (C=O) groups is 2. The maximum Gasteiger partial charge on any atom is 0.253 e. The Morgan fingerprint density at radius 2 is 1.95 bits per heavy atom. The average Bonchev–Trinajstić information content (AvgIpc) is 2.38. The van der Waals surface area contributed by atoms with Crippen molar-refractivity contribution in [1.82, 2.24) is 10.6 Å². The molecule has 2 N–H and O–H groups in total. The molecule has 0 saturated heterocycles. The Morgan fingerprint density at radius 1 is 1.30 bits per heavy atom. The number of nitrogens with one attached hydrogen (secondary N) is 2. The second kappa shape index (κ2) is 7.38. The van der Waals surface area contributed by atoms with Gasteiger partial charge in [-0.3, -0.25) is 9.59 Å². The summed E-state index contributed by atoms with van der Waals surface area (Å²) in [5, 5.41) is 5.27. The first-order valence-corrected chi connectivity index (χ1v) is 7.14. The third kappa shape index (κ3) is 4.92. The van der Waals surface area contributed by atoms with Gasteiger partial charge in [0, 0.05) is 11.0 Å². The first kappa shape index (κ1) is 16.6. The van der Waals surface area contributed by atoms with Crippen molar-refractivity contribution in [2.75, 3.05) is 6.54 Å². The van der Waals surface area contributed by atoms with Crippen LogP contribution in [0.4, 0.5) is 4.39 Å². The van der Waals surface area contributed by atoms with Crippen molar-refractivity contribution in [3.63, 3.8) is 0 Å². The van der Waals surface area contributed by atoms with Crippen LogP contribution in [-0.4, -0.2) is 24.4 Å². The van der Waals surface area contributed by atoms with Crippen LogP contribution in [0.25, 0.3) is 0 Å². The molecule has 1 aromatic carbocycles. The molecule has 0 aliphatic carbocycles. The van der Waals surface area contributed by atoms with Gasteiger partial charge in [0.1, 0.15) is 11.9 Å². The highest BCUT2D eigenvalue weighted by molar-refractivity contribution is 9.10. The molecule has 6 heteroatoms. The van der Waals surface area contributed by atoms with Crippen molar-refractivity contribution in [2.45, 2.75) is 26.8 Å². The van der Waals surface area contributed by atoms with E-state index in [9.17, 15) is 14.0 Å². The molecular formula is C14H18BrFN2O2. The molecule has 2 amide bonds. The minimum absolute atomic E-state index is 0.161. The standard InChI is InChI=1S/C14H18BrFN2O2/c1-8(2)7-17-13(19)9(3)18-14(20)11-6-10(16)4-5-12(11)15/h4-6,8-9H,7H2,1-3H3,(H,17,19)(H,18,20). The number of benzene rings is 1. The Balaban J connectivity index is 2.65. The topological polar surface area (TPSA) is 58.2 Å². The van der Waals surface area contributed by atoms with Gasteiger partial charge in [0.2, 0.25) is 5.91 Å². The zero-order valence-electron chi connectivity index (χ0n) is 11.7. The van der Waals surface area contributed by atoms with Crippen LogP contribution in [0.2, 0.25) is 0 Å². The third-order valence-electron chi connectivity index (χ3n) is 2.60. The summed E-state index contributed by atoms with van der Waals surface area (Å²) in [5.74, 6) is -0.933. The lowest BCUT2D eigenvalue weighted by Gasteiger charge is -2.15. The second-order valence-electron chi connectivity index (χ2n) is 4.96. The number of hydrogen-bond acceptors (Lipinski definition) is 2. The lowest BCUT2D eigenvalue weighted by atomic mass is 10.2. The number of hydrogen-bond donors (Lipinski definition) is 2. The van der Waals surface area contributed by atoms with E-state index in [1.165, 1.54) is 12.1 Å². The Bertz CT molecular complexity index is 506. The third-order valence-corrected chi connectivity index (χ3v) is 3.29. The van der Waals surface area contributed by atoms with Crippen molar-refractivity contribution >= 4 is 27.7 Å². The molecule has 1 aromatic rings. The molecule has 0 fully saturated rings. The molecule has 4 nitrogen and oxygen atoms in total. The molecule has 1 rings (SSSR count). The average molecular weight is 345 g/mol. The van der Waals surface area contributed by atoms with E-state index < -0.39 is 17.8 Å². The molecule has 0 radical (unpaired) electrons. The largest absolute Gasteiger partial charge is 0.354 e. The fraction of sp³-hybridized carbons (Fsp3) is 0.429. The van der Waals surface area contributed by atoms with Crippen LogP contribution in [0.5, 0.6) is 0 Å². The van der Waals surface area contributed by atoms with Gasteiger partial charge in [-0.05, 0) is 47.0 Å². The first-order chi connectivity index (χ1) is 9.31. The number of halogens is 2. The van der Waals surface area contributed by atoms with E-state index in [0.717, 1.165) is 6.07 Å². The van der Waals surface area contributed by atoms with E-state index in [1.54, 1.807) is 6.92 Å². The van der Waals surface area contributed by atoms with Crippen LogP contribution in [0.3, 0.4) is 0 Å². The summed E-state index contributed by atoms with van der Waals surface area (Å²) in [6, 6.07) is 3.14. The highest BCUT2D eigenvalue weighted by Gasteiger charge is 2.18. The van der Waals surface area contributed by atoms with E-state index in [1.807, 2.05) is 13.8 Å². The summed E-state index contributed by atoms with van der Waals surface area (Å²) in [6.45, 7) is 6.09. The molecule has 20 heavy (non-hydrogen) atoms. The van der Waals surface area contributed by atoms with E-state index in [-0.39, 0.29) is 11.5 Å². The van der Waals surface area contributed by atoms with Gasteiger partial charge in [-0.15, -0.1) is 0 Å². The van der Waals surface area contributed by atoms with Gasteiger partial charge in [0.25, 0.3) is 5.91 Å². The molecule has 0 aromatic heterocycles. The Labute approximate surface area is 126 Å².